The number of nitrogens with one attached hydrogen (secondary N) is 1. The van der Waals surface area contributed by atoms with Crippen LogP contribution in [-0.4, -0.2) is 46.8 Å². The van der Waals surface area contributed by atoms with Crippen molar-refractivity contribution in [2.45, 2.75) is 0 Å². The van der Waals surface area contributed by atoms with E-state index >= 15 is 0 Å². The van der Waals surface area contributed by atoms with Gasteiger partial charge in [-0.15, -0.1) is 0 Å². The maximum Gasteiger partial charge on any atom is 0.257 e. The minimum Gasteiger partial charge on any atom is -0.338 e. The van der Waals surface area contributed by atoms with Crippen LogP contribution in [0.15, 0.2) is 12.4 Å². The predicted molar refractivity (Wildman–Crippen MR) is 59.0 cm³/mol. The van der Waals surface area contributed by atoms with Gasteiger partial charge in [0, 0.05) is 39.4 Å². The molecule has 2 fully saturated rings. The standard InChI is InChI=1S/C11H16N4O/c1-14-5-10(4-13-14)11(16)15-6-8-2-12-3-9(8)7-15/h4-5,8-9,12H,2-3,6-7H2,1H3. The highest BCUT2D eigenvalue weighted by atomic mass is 16.2. The van der Waals surface area contributed by atoms with Gasteiger partial charge in [0.1, 0.15) is 0 Å². The molecular weight excluding hydrogens is 204 g/mol. The Morgan fingerprint density at radius 2 is 2.12 bits per heavy atom. The summed E-state index contributed by atoms with van der Waals surface area (Å²) < 4.78 is 1.67. The molecule has 5 nitrogen and oxygen atoms in total. The van der Waals surface area contributed by atoms with E-state index in [0.717, 1.165) is 26.2 Å². The zero-order chi connectivity index (χ0) is 11.1. The summed E-state index contributed by atoms with van der Waals surface area (Å²) in [6, 6.07) is 0. The van der Waals surface area contributed by atoms with Gasteiger partial charge < -0.3 is 10.2 Å². The van der Waals surface area contributed by atoms with Crippen molar-refractivity contribution >= 4 is 5.91 Å². The highest BCUT2D eigenvalue weighted by Crippen LogP contribution is 2.27. The highest BCUT2D eigenvalue weighted by molar-refractivity contribution is 5.93. The molecular formula is C11H16N4O. The quantitative estimate of drug-likeness (QED) is 0.707. The smallest absolute Gasteiger partial charge is 0.257 e. The lowest BCUT2D eigenvalue weighted by molar-refractivity contribution is 0.0781. The molecule has 1 amide bonds. The number of likely N-dealkylation sites (tertiary alicyclic amines) is 1. The Balaban J connectivity index is 1.73. The molecule has 3 heterocycles. The molecule has 5 heteroatoms. The summed E-state index contributed by atoms with van der Waals surface area (Å²) in [4.78, 5) is 14.1. The van der Waals surface area contributed by atoms with Crippen molar-refractivity contribution in [2.24, 2.45) is 18.9 Å². The van der Waals surface area contributed by atoms with Crippen molar-refractivity contribution in [1.82, 2.24) is 20.0 Å². The van der Waals surface area contributed by atoms with E-state index in [9.17, 15) is 4.79 Å². The van der Waals surface area contributed by atoms with Crippen molar-refractivity contribution < 1.29 is 4.79 Å². The molecule has 86 valence electrons. The van der Waals surface area contributed by atoms with Gasteiger partial charge in [0.25, 0.3) is 5.91 Å². The maximum atomic E-state index is 12.1. The van der Waals surface area contributed by atoms with Crippen LogP contribution in [0, 0.1) is 11.8 Å². The van der Waals surface area contributed by atoms with Crippen LogP contribution in [0.2, 0.25) is 0 Å². The molecule has 2 unspecified atom stereocenters. The van der Waals surface area contributed by atoms with Crippen LogP contribution in [-0.2, 0) is 7.05 Å². The first-order valence-corrected chi connectivity index (χ1v) is 5.72. The van der Waals surface area contributed by atoms with Crippen LogP contribution >= 0.6 is 0 Å². The SMILES string of the molecule is Cn1cc(C(=O)N2CC3CNCC3C2)cn1. The minimum atomic E-state index is 0.127. The monoisotopic (exact) mass is 220 g/mol. The van der Waals surface area contributed by atoms with Crippen LogP contribution in [0.3, 0.4) is 0 Å². The summed E-state index contributed by atoms with van der Waals surface area (Å²) in [6.07, 6.45) is 3.43. The second-order valence-corrected chi connectivity index (χ2v) is 4.79. The Labute approximate surface area is 94.4 Å². The molecule has 2 atom stereocenters. The largest absolute Gasteiger partial charge is 0.338 e. The second kappa shape index (κ2) is 3.59. The van der Waals surface area contributed by atoms with Gasteiger partial charge >= 0.3 is 0 Å². The number of hydrogen-bond acceptors (Lipinski definition) is 3. The van der Waals surface area contributed by atoms with Crippen LogP contribution < -0.4 is 5.32 Å². The van der Waals surface area contributed by atoms with E-state index in [0.29, 0.717) is 17.4 Å². The number of hydrogen-bond donors (Lipinski definition) is 1. The number of rotatable bonds is 1. The van der Waals surface area contributed by atoms with Gasteiger partial charge in [0.05, 0.1) is 11.8 Å². The van der Waals surface area contributed by atoms with Crippen molar-refractivity contribution in [3.63, 3.8) is 0 Å². The van der Waals surface area contributed by atoms with E-state index in [2.05, 4.69) is 10.4 Å². The second-order valence-electron chi connectivity index (χ2n) is 4.79. The van der Waals surface area contributed by atoms with Crippen LogP contribution in [0.4, 0.5) is 0 Å². The molecule has 0 radical (unpaired) electrons. The molecule has 2 aliphatic rings. The fraction of sp³-hybridized carbons (Fsp3) is 0.636. The van der Waals surface area contributed by atoms with E-state index < -0.39 is 0 Å². The third-order valence-corrected chi connectivity index (χ3v) is 3.63. The molecule has 0 saturated carbocycles. The zero-order valence-corrected chi connectivity index (χ0v) is 9.39. The average molecular weight is 220 g/mol. The summed E-state index contributed by atoms with van der Waals surface area (Å²) in [5.41, 5.74) is 0.704. The van der Waals surface area contributed by atoms with E-state index in [-0.39, 0.29) is 5.91 Å². The molecule has 2 saturated heterocycles. The fourth-order valence-electron chi connectivity index (χ4n) is 2.74. The molecule has 0 aliphatic carbocycles. The summed E-state index contributed by atoms with van der Waals surface area (Å²) in [6.45, 7) is 3.90. The predicted octanol–water partition coefficient (Wildman–Crippen LogP) is -0.288. The first-order chi connectivity index (χ1) is 7.74. The highest BCUT2D eigenvalue weighted by Gasteiger charge is 2.38. The average Bonchev–Trinajstić information content (AvgIpc) is 2.89. The van der Waals surface area contributed by atoms with E-state index in [1.54, 1.807) is 17.1 Å². The van der Waals surface area contributed by atoms with Crippen LogP contribution in [0.5, 0.6) is 0 Å². The molecule has 2 aliphatic heterocycles. The number of aryl methyl sites for hydroxylation is 1. The molecule has 1 aromatic heterocycles. The lowest BCUT2D eigenvalue weighted by Gasteiger charge is -2.16. The third-order valence-electron chi connectivity index (χ3n) is 3.63. The number of carbonyl (C=O) groups excluding carboxylic acids is 1. The van der Waals surface area contributed by atoms with Crippen molar-refractivity contribution in [2.75, 3.05) is 26.2 Å². The third kappa shape index (κ3) is 1.51. The minimum absolute atomic E-state index is 0.127. The van der Waals surface area contributed by atoms with Gasteiger partial charge in [0.2, 0.25) is 0 Å². The Kier molecular flexibility index (Phi) is 2.21. The molecule has 1 aromatic rings. The van der Waals surface area contributed by atoms with Gasteiger partial charge in [-0.05, 0) is 11.8 Å². The number of carbonyl (C=O) groups is 1. The van der Waals surface area contributed by atoms with Crippen molar-refractivity contribution in [3.8, 4) is 0 Å². The van der Waals surface area contributed by atoms with Crippen LogP contribution in [0.1, 0.15) is 10.4 Å². The normalized spacial score (nSPS) is 28.4. The Morgan fingerprint density at radius 1 is 1.44 bits per heavy atom. The molecule has 3 rings (SSSR count). The van der Waals surface area contributed by atoms with Crippen molar-refractivity contribution in [3.05, 3.63) is 18.0 Å². The lowest BCUT2D eigenvalue weighted by atomic mass is 10.0. The number of amides is 1. The molecule has 1 N–H and O–H groups in total. The van der Waals surface area contributed by atoms with E-state index in [1.165, 1.54) is 0 Å². The topological polar surface area (TPSA) is 50.2 Å². The van der Waals surface area contributed by atoms with Gasteiger partial charge in [0.15, 0.2) is 0 Å². The van der Waals surface area contributed by atoms with E-state index in [1.807, 2.05) is 11.9 Å². The Hall–Kier alpha value is -1.36. The fourth-order valence-corrected chi connectivity index (χ4v) is 2.74. The summed E-state index contributed by atoms with van der Waals surface area (Å²) in [7, 11) is 1.83. The van der Waals surface area contributed by atoms with E-state index in [4.69, 9.17) is 0 Å². The molecule has 0 aromatic carbocycles. The van der Waals surface area contributed by atoms with Crippen LogP contribution in [0.25, 0.3) is 0 Å². The summed E-state index contributed by atoms with van der Waals surface area (Å²) in [5, 5.41) is 7.41. The Bertz CT molecular complexity index is 402. The number of aromatic nitrogens is 2. The van der Waals surface area contributed by atoms with Gasteiger partial charge in [-0.1, -0.05) is 0 Å². The summed E-state index contributed by atoms with van der Waals surface area (Å²) >= 11 is 0. The number of fused-ring (bicyclic) bond motifs is 1. The van der Waals surface area contributed by atoms with Gasteiger partial charge in [-0.25, -0.2) is 0 Å². The van der Waals surface area contributed by atoms with Gasteiger partial charge in [-0.3, -0.25) is 9.48 Å². The Morgan fingerprint density at radius 3 is 2.69 bits per heavy atom. The molecule has 16 heavy (non-hydrogen) atoms. The first-order valence-electron chi connectivity index (χ1n) is 5.72. The number of nitrogens with zero attached hydrogens (tertiary/aromatic N) is 3. The molecule has 0 spiro atoms. The summed E-state index contributed by atoms with van der Waals surface area (Å²) in [5.74, 6) is 1.43. The maximum absolute atomic E-state index is 12.1. The first kappa shape index (κ1) is 9.84. The van der Waals surface area contributed by atoms with Gasteiger partial charge in [-0.2, -0.15) is 5.10 Å². The van der Waals surface area contributed by atoms with Crippen molar-refractivity contribution in [1.29, 1.82) is 0 Å². The molecule has 0 bridgehead atoms. The lowest BCUT2D eigenvalue weighted by Crippen LogP contribution is -2.31. The zero-order valence-electron chi connectivity index (χ0n) is 9.39.